The molecule has 0 aromatic carbocycles. The molecule has 1 saturated carbocycles. The Balaban J connectivity index is 2.60. The van der Waals surface area contributed by atoms with Crippen molar-refractivity contribution in [1.29, 1.82) is 0 Å². The number of allylic oxidation sites excluding steroid dienone is 1. The van der Waals surface area contributed by atoms with Crippen LogP contribution in [-0.2, 0) is 9.53 Å². The van der Waals surface area contributed by atoms with E-state index in [-0.39, 0.29) is 5.97 Å². The molecule has 0 amide bonds. The van der Waals surface area contributed by atoms with Crippen molar-refractivity contribution in [3.8, 4) is 0 Å². The summed E-state index contributed by atoms with van der Waals surface area (Å²) in [5, 5.41) is 4.19. The maximum absolute atomic E-state index is 11.8. The van der Waals surface area contributed by atoms with Gasteiger partial charge < -0.3 is 10.2 Å². The van der Waals surface area contributed by atoms with Crippen LogP contribution in [0.3, 0.4) is 0 Å². The van der Waals surface area contributed by atoms with Gasteiger partial charge in [-0.3, -0.25) is 0 Å². The summed E-state index contributed by atoms with van der Waals surface area (Å²) in [6, 6.07) is 0. The average Bonchev–Trinajstić information content (AvgIpc) is 2.85. The second-order valence-electron chi connectivity index (χ2n) is 5.32. The first-order valence-corrected chi connectivity index (χ1v) is 7.30. The van der Waals surface area contributed by atoms with Gasteiger partial charge in [-0.15, -0.1) is 0 Å². The van der Waals surface area contributed by atoms with Gasteiger partial charge in [0, 0.05) is 6.54 Å². The number of esters is 1. The summed E-state index contributed by atoms with van der Waals surface area (Å²) in [6.45, 7) is 7.30. The van der Waals surface area contributed by atoms with Crippen molar-refractivity contribution in [2.75, 3.05) is 13.2 Å². The van der Waals surface area contributed by atoms with Crippen LogP contribution in [-0.4, -0.2) is 24.8 Å². The Bertz CT molecular complexity index is 338. The predicted octanol–water partition coefficient (Wildman–Crippen LogP) is 3.04. The van der Waals surface area contributed by atoms with Gasteiger partial charge in [-0.25, -0.2) is 4.79 Å². The zero-order valence-electron chi connectivity index (χ0n) is 12.4. The number of nitrogens with zero attached hydrogens (tertiary/aromatic N) is 1. The number of hydrogen-bond acceptors (Lipinski definition) is 4. The smallest absolute Gasteiger partial charge is 0.358 e. The zero-order chi connectivity index (χ0) is 14.1. The molecule has 1 N–H and O–H groups in total. The highest BCUT2D eigenvalue weighted by Crippen LogP contribution is 2.23. The first-order valence-electron chi connectivity index (χ1n) is 7.30. The van der Waals surface area contributed by atoms with Gasteiger partial charge >= 0.3 is 5.97 Å². The summed E-state index contributed by atoms with van der Waals surface area (Å²) in [7, 11) is 0. The molecule has 19 heavy (non-hydrogen) atoms. The molecule has 0 aromatic heterocycles. The van der Waals surface area contributed by atoms with E-state index in [1.165, 1.54) is 18.4 Å². The Labute approximate surface area is 116 Å². The van der Waals surface area contributed by atoms with Gasteiger partial charge in [-0.05, 0) is 51.0 Å². The highest BCUT2D eigenvalue weighted by atomic mass is 16.5. The molecule has 0 atom stereocenters. The fourth-order valence-electron chi connectivity index (χ4n) is 2.00. The Kier molecular flexibility index (Phi) is 7.23. The van der Waals surface area contributed by atoms with Crippen LogP contribution in [0.4, 0.5) is 0 Å². The van der Waals surface area contributed by atoms with Gasteiger partial charge in [-0.1, -0.05) is 19.4 Å². The summed E-state index contributed by atoms with van der Waals surface area (Å²) in [5.74, 6) is 0.292. The predicted molar refractivity (Wildman–Crippen MR) is 78.1 cm³/mol. The molecule has 1 rings (SSSR count). The molecule has 0 heterocycles. The van der Waals surface area contributed by atoms with Crippen LogP contribution in [0.25, 0.3) is 0 Å². The van der Waals surface area contributed by atoms with Crippen molar-refractivity contribution < 1.29 is 9.53 Å². The molecule has 4 nitrogen and oxygen atoms in total. The van der Waals surface area contributed by atoms with Crippen molar-refractivity contribution in [1.82, 2.24) is 5.43 Å². The normalized spacial score (nSPS) is 15.8. The van der Waals surface area contributed by atoms with Gasteiger partial charge in [0.2, 0.25) is 0 Å². The Morgan fingerprint density at radius 1 is 1.42 bits per heavy atom. The monoisotopic (exact) mass is 266 g/mol. The minimum atomic E-state index is -0.334. The topological polar surface area (TPSA) is 50.7 Å². The van der Waals surface area contributed by atoms with Gasteiger partial charge in [-0.2, -0.15) is 5.10 Å². The Hall–Kier alpha value is -1.32. The van der Waals surface area contributed by atoms with Crippen LogP contribution in [0.1, 0.15) is 52.9 Å². The number of ether oxygens (including phenoxy) is 1. The summed E-state index contributed by atoms with van der Waals surface area (Å²) < 4.78 is 5.04. The molecule has 1 aliphatic carbocycles. The van der Waals surface area contributed by atoms with Crippen LogP contribution < -0.4 is 5.43 Å². The highest BCUT2D eigenvalue weighted by molar-refractivity contribution is 6.41. The van der Waals surface area contributed by atoms with Crippen molar-refractivity contribution in [3.05, 3.63) is 11.6 Å². The Morgan fingerprint density at radius 3 is 2.68 bits per heavy atom. The van der Waals surface area contributed by atoms with Crippen molar-refractivity contribution in [2.24, 2.45) is 11.0 Å². The number of carbonyl (C=O) groups excluding carboxylic acids is 1. The van der Waals surface area contributed by atoms with Crippen LogP contribution in [0, 0.1) is 5.92 Å². The van der Waals surface area contributed by atoms with Crippen molar-refractivity contribution in [2.45, 2.75) is 52.9 Å². The molecule has 108 valence electrons. The van der Waals surface area contributed by atoms with E-state index >= 15 is 0 Å². The van der Waals surface area contributed by atoms with E-state index in [1.807, 2.05) is 13.0 Å². The standard InChI is InChI=1S/C15H26N2O2/c1-4-19-15(18)14(11-13-7-5-6-8-13)17-16-10-9-12(2)3/h11-12,16H,4-10H2,1-3H3. The first kappa shape index (κ1) is 15.7. The first-order chi connectivity index (χ1) is 9.13. The number of nitrogens with one attached hydrogen (secondary N) is 1. The van der Waals surface area contributed by atoms with E-state index in [1.54, 1.807) is 0 Å². The van der Waals surface area contributed by atoms with Crippen molar-refractivity contribution >= 4 is 11.7 Å². The van der Waals surface area contributed by atoms with Gasteiger partial charge in [0.15, 0.2) is 5.71 Å². The van der Waals surface area contributed by atoms with E-state index in [0.29, 0.717) is 18.2 Å². The lowest BCUT2D eigenvalue weighted by atomic mass is 10.1. The summed E-state index contributed by atoms with van der Waals surface area (Å²) in [5.41, 5.74) is 4.68. The van der Waals surface area contributed by atoms with E-state index < -0.39 is 0 Å². The number of rotatable bonds is 7. The van der Waals surface area contributed by atoms with E-state index in [2.05, 4.69) is 24.4 Å². The second-order valence-corrected chi connectivity index (χ2v) is 5.32. The molecule has 1 fully saturated rings. The van der Waals surface area contributed by atoms with E-state index in [9.17, 15) is 4.79 Å². The van der Waals surface area contributed by atoms with E-state index in [0.717, 1.165) is 25.8 Å². The minimum absolute atomic E-state index is 0.334. The largest absolute Gasteiger partial charge is 0.461 e. The third kappa shape index (κ3) is 6.41. The number of hydrogen-bond donors (Lipinski definition) is 1. The molecule has 0 saturated heterocycles. The van der Waals surface area contributed by atoms with Gasteiger partial charge in [0.1, 0.15) is 0 Å². The number of carbonyl (C=O) groups is 1. The van der Waals surface area contributed by atoms with Gasteiger partial charge in [0.25, 0.3) is 0 Å². The maximum atomic E-state index is 11.8. The molecule has 0 spiro atoms. The quantitative estimate of drug-likeness (QED) is 0.333. The summed E-state index contributed by atoms with van der Waals surface area (Å²) in [4.78, 5) is 11.8. The van der Waals surface area contributed by atoms with Crippen LogP contribution in [0.15, 0.2) is 16.8 Å². The minimum Gasteiger partial charge on any atom is -0.461 e. The summed E-state index contributed by atoms with van der Waals surface area (Å²) in [6.07, 6.45) is 7.50. The van der Waals surface area contributed by atoms with Gasteiger partial charge in [0.05, 0.1) is 6.61 Å². The van der Waals surface area contributed by atoms with E-state index in [4.69, 9.17) is 4.74 Å². The Morgan fingerprint density at radius 2 is 2.11 bits per heavy atom. The molecule has 0 aliphatic heterocycles. The lowest BCUT2D eigenvalue weighted by Crippen LogP contribution is -2.21. The average molecular weight is 266 g/mol. The molecule has 0 bridgehead atoms. The van der Waals surface area contributed by atoms with Crippen LogP contribution >= 0.6 is 0 Å². The number of hydrazone groups is 1. The highest BCUT2D eigenvalue weighted by Gasteiger charge is 2.14. The fraction of sp³-hybridized carbons (Fsp3) is 0.733. The lowest BCUT2D eigenvalue weighted by Gasteiger charge is -2.06. The molecule has 0 radical (unpaired) electrons. The lowest BCUT2D eigenvalue weighted by molar-refractivity contribution is -0.134. The molecule has 1 aliphatic rings. The molecule has 0 aromatic rings. The summed E-state index contributed by atoms with van der Waals surface area (Å²) >= 11 is 0. The second kappa shape index (κ2) is 8.73. The SMILES string of the molecule is CCOC(=O)C(C=C1CCCC1)=NNCCC(C)C. The zero-order valence-corrected chi connectivity index (χ0v) is 12.4. The third-order valence-corrected chi connectivity index (χ3v) is 3.10. The molecular formula is C15H26N2O2. The molecular weight excluding hydrogens is 240 g/mol. The third-order valence-electron chi connectivity index (χ3n) is 3.10. The van der Waals surface area contributed by atoms with Crippen LogP contribution in [0.2, 0.25) is 0 Å². The fourth-order valence-corrected chi connectivity index (χ4v) is 2.00. The molecule has 0 unspecified atom stereocenters. The maximum Gasteiger partial charge on any atom is 0.358 e. The van der Waals surface area contributed by atoms with Crippen LogP contribution in [0.5, 0.6) is 0 Å². The van der Waals surface area contributed by atoms with Crippen molar-refractivity contribution in [3.63, 3.8) is 0 Å². The molecule has 4 heteroatoms.